The minimum absolute atomic E-state index is 0.292. The Morgan fingerprint density at radius 1 is 1.24 bits per heavy atom. The largest absolute Gasteiger partial charge is 0.491 e. The van der Waals surface area contributed by atoms with Gasteiger partial charge in [0, 0.05) is 0 Å². The Morgan fingerprint density at radius 2 is 1.94 bits per heavy atom. The van der Waals surface area contributed by atoms with Crippen LogP contribution in [0.1, 0.15) is 38.7 Å². The third kappa shape index (κ3) is 5.73. The van der Waals surface area contributed by atoms with E-state index >= 15 is 0 Å². The number of nitrogens with one attached hydrogen (secondary N) is 1. The Bertz CT molecular complexity index is 294. The number of ether oxygens (including phenoxy) is 1. The molecule has 0 fully saturated rings. The molecule has 1 aromatic rings. The van der Waals surface area contributed by atoms with Gasteiger partial charge in [-0.05, 0) is 57.5 Å². The lowest BCUT2D eigenvalue weighted by molar-refractivity contribution is 0.208. The van der Waals surface area contributed by atoms with E-state index in [1.54, 1.807) is 0 Å². The van der Waals surface area contributed by atoms with Crippen molar-refractivity contribution in [2.75, 3.05) is 13.6 Å². The molecule has 0 aliphatic carbocycles. The van der Waals surface area contributed by atoms with Crippen LogP contribution in [-0.2, 0) is 6.42 Å². The van der Waals surface area contributed by atoms with Crippen molar-refractivity contribution in [1.82, 2.24) is 5.32 Å². The van der Waals surface area contributed by atoms with E-state index in [0.717, 1.165) is 31.6 Å². The summed E-state index contributed by atoms with van der Waals surface area (Å²) < 4.78 is 5.87. The highest BCUT2D eigenvalue weighted by Gasteiger charge is 2.03. The van der Waals surface area contributed by atoms with E-state index < -0.39 is 0 Å². The summed E-state index contributed by atoms with van der Waals surface area (Å²) in [5.41, 5.74) is 1.39. The van der Waals surface area contributed by atoms with Crippen LogP contribution in [0.25, 0.3) is 0 Å². The molecule has 0 aliphatic heterocycles. The molecule has 17 heavy (non-hydrogen) atoms. The summed E-state index contributed by atoms with van der Waals surface area (Å²) in [5, 5.41) is 3.15. The van der Waals surface area contributed by atoms with Crippen LogP contribution in [0, 0.1) is 0 Å². The van der Waals surface area contributed by atoms with Gasteiger partial charge in [0.1, 0.15) is 5.75 Å². The van der Waals surface area contributed by atoms with Crippen LogP contribution in [0.2, 0.25) is 0 Å². The monoisotopic (exact) mass is 235 g/mol. The van der Waals surface area contributed by atoms with Crippen LogP contribution < -0.4 is 10.1 Å². The number of rotatable bonds is 8. The van der Waals surface area contributed by atoms with Crippen molar-refractivity contribution in [2.45, 2.75) is 45.6 Å². The van der Waals surface area contributed by atoms with E-state index in [0.29, 0.717) is 6.10 Å². The normalized spacial score (nSPS) is 12.4. The molecule has 0 saturated heterocycles. The second-order valence-corrected chi connectivity index (χ2v) is 4.57. The second kappa shape index (κ2) is 8.13. The van der Waals surface area contributed by atoms with Gasteiger partial charge in [0.2, 0.25) is 0 Å². The smallest absolute Gasteiger partial charge is 0.119 e. The molecule has 2 heteroatoms. The zero-order valence-electron chi connectivity index (χ0n) is 11.3. The Labute approximate surface area is 105 Å². The molecule has 0 saturated carbocycles. The predicted molar refractivity (Wildman–Crippen MR) is 73.7 cm³/mol. The van der Waals surface area contributed by atoms with Gasteiger partial charge in [-0.3, -0.25) is 0 Å². The molecule has 1 atom stereocenters. The lowest BCUT2D eigenvalue weighted by Gasteiger charge is -2.14. The molecule has 0 amide bonds. The van der Waals surface area contributed by atoms with Crippen molar-refractivity contribution >= 4 is 0 Å². The third-order valence-electron chi connectivity index (χ3n) is 2.84. The topological polar surface area (TPSA) is 21.3 Å². The van der Waals surface area contributed by atoms with Gasteiger partial charge < -0.3 is 10.1 Å². The summed E-state index contributed by atoms with van der Waals surface area (Å²) in [6, 6.07) is 8.50. The van der Waals surface area contributed by atoms with Crippen LogP contribution in [0.4, 0.5) is 0 Å². The number of aryl methyl sites for hydroxylation is 1. The van der Waals surface area contributed by atoms with E-state index in [2.05, 4.69) is 43.4 Å². The minimum atomic E-state index is 0.292. The first-order valence-electron chi connectivity index (χ1n) is 6.66. The summed E-state index contributed by atoms with van der Waals surface area (Å²) in [4.78, 5) is 0. The van der Waals surface area contributed by atoms with Crippen LogP contribution >= 0.6 is 0 Å². The molecular weight excluding hydrogens is 210 g/mol. The SMILES string of the molecule is CCCc1ccc(OC(C)CCCNC)cc1. The van der Waals surface area contributed by atoms with Gasteiger partial charge in [0.05, 0.1) is 6.10 Å². The molecule has 2 nitrogen and oxygen atoms in total. The molecule has 0 aliphatic rings. The average Bonchev–Trinajstić information content (AvgIpc) is 2.32. The van der Waals surface area contributed by atoms with Crippen LogP contribution in [0.5, 0.6) is 5.75 Å². The van der Waals surface area contributed by atoms with Gasteiger partial charge >= 0.3 is 0 Å². The standard InChI is InChI=1S/C15H25NO/c1-4-6-14-8-10-15(11-9-14)17-13(2)7-5-12-16-3/h8-11,13,16H,4-7,12H2,1-3H3. The molecule has 1 N–H and O–H groups in total. The van der Waals surface area contributed by atoms with Crippen LogP contribution in [0.15, 0.2) is 24.3 Å². The number of hydrogen-bond donors (Lipinski definition) is 1. The highest BCUT2D eigenvalue weighted by molar-refractivity contribution is 5.27. The maximum atomic E-state index is 5.87. The van der Waals surface area contributed by atoms with Crippen LogP contribution in [-0.4, -0.2) is 19.7 Å². The van der Waals surface area contributed by atoms with Gasteiger partial charge in [-0.1, -0.05) is 25.5 Å². The fourth-order valence-electron chi connectivity index (χ4n) is 1.88. The Kier molecular flexibility index (Phi) is 6.71. The molecular formula is C15H25NO. The van der Waals surface area contributed by atoms with Crippen molar-refractivity contribution in [3.63, 3.8) is 0 Å². The first-order valence-corrected chi connectivity index (χ1v) is 6.66. The molecule has 0 spiro atoms. The summed E-state index contributed by atoms with van der Waals surface area (Å²) >= 11 is 0. The predicted octanol–water partition coefficient (Wildman–Crippen LogP) is 3.41. The summed E-state index contributed by atoms with van der Waals surface area (Å²) in [5.74, 6) is 0.988. The Morgan fingerprint density at radius 3 is 2.53 bits per heavy atom. The maximum absolute atomic E-state index is 5.87. The fourth-order valence-corrected chi connectivity index (χ4v) is 1.88. The quantitative estimate of drug-likeness (QED) is 0.697. The van der Waals surface area contributed by atoms with Gasteiger partial charge in [-0.2, -0.15) is 0 Å². The van der Waals surface area contributed by atoms with Gasteiger partial charge in [0.25, 0.3) is 0 Å². The van der Waals surface area contributed by atoms with Gasteiger partial charge in [-0.15, -0.1) is 0 Å². The first-order chi connectivity index (χ1) is 8.26. The molecule has 96 valence electrons. The van der Waals surface area contributed by atoms with Crippen molar-refractivity contribution < 1.29 is 4.74 Å². The zero-order chi connectivity index (χ0) is 12.5. The van der Waals surface area contributed by atoms with Gasteiger partial charge in [-0.25, -0.2) is 0 Å². The van der Waals surface area contributed by atoms with E-state index in [1.165, 1.54) is 12.0 Å². The van der Waals surface area contributed by atoms with Crippen molar-refractivity contribution in [3.05, 3.63) is 29.8 Å². The number of benzene rings is 1. The van der Waals surface area contributed by atoms with Crippen molar-refractivity contribution in [2.24, 2.45) is 0 Å². The summed E-state index contributed by atoms with van der Waals surface area (Å²) in [6.45, 7) is 5.40. The minimum Gasteiger partial charge on any atom is -0.491 e. The zero-order valence-corrected chi connectivity index (χ0v) is 11.3. The van der Waals surface area contributed by atoms with E-state index in [1.807, 2.05) is 7.05 Å². The van der Waals surface area contributed by atoms with E-state index in [9.17, 15) is 0 Å². The Balaban J connectivity index is 2.34. The summed E-state index contributed by atoms with van der Waals surface area (Å²) in [6.07, 6.45) is 4.89. The highest BCUT2D eigenvalue weighted by atomic mass is 16.5. The Hall–Kier alpha value is -1.02. The molecule has 1 unspecified atom stereocenters. The lowest BCUT2D eigenvalue weighted by Crippen LogP contribution is -2.15. The van der Waals surface area contributed by atoms with Crippen LogP contribution in [0.3, 0.4) is 0 Å². The molecule has 0 heterocycles. The molecule has 0 radical (unpaired) electrons. The molecule has 1 aromatic carbocycles. The first kappa shape index (κ1) is 14.0. The fraction of sp³-hybridized carbons (Fsp3) is 0.600. The molecule has 1 rings (SSSR count). The molecule has 0 bridgehead atoms. The van der Waals surface area contributed by atoms with Crippen molar-refractivity contribution in [3.8, 4) is 5.75 Å². The van der Waals surface area contributed by atoms with E-state index in [4.69, 9.17) is 4.74 Å². The highest BCUT2D eigenvalue weighted by Crippen LogP contribution is 2.16. The van der Waals surface area contributed by atoms with Crippen molar-refractivity contribution in [1.29, 1.82) is 0 Å². The second-order valence-electron chi connectivity index (χ2n) is 4.57. The lowest BCUT2D eigenvalue weighted by atomic mass is 10.1. The summed E-state index contributed by atoms with van der Waals surface area (Å²) in [7, 11) is 1.98. The molecule has 0 aromatic heterocycles. The van der Waals surface area contributed by atoms with E-state index in [-0.39, 0.29) is 0 Å². The number of hydrogen-bond acceptors (Lipinski definition) is 2. The third-order valence-corrected chi connectivity index (χ3v) is 2.84. The average molecular weight is 235 g/mol. The maximum Gasteiger partial charge on any atom is 0.119 e. The van der Waals surface area contributed by atoms with Gasteiger partial charge in [0.15, 0.2) is 0 Å².